The molecular formula is C29H33ClFN3O4. The van der Waals surface area contributed by atoms with Crippen LogP contribution in [0.15, 0.2) is 36.7 Å². The molecule has 1 fully saturated rings. The maximum atomic E-state index is 15.1. The number of hydrogen-bond donors (Lipinski definition) is 1. The highest BCUT2D eigenvalue weighted by Gasteiger charge is 2.29. The summed E-state index contributed by atoms with van der Waals surface area (Å²) < 4.78 is 26.3. The Hall–Kier alpha value is -3.39. The van der Waals surface area contributed by atoms with Crippen LogP contribution in [0.25, 0.3) is 11.1 Å². The monoisotopic (exact) mass is 541 g/mol. The van der Waals surface area contributed by atoms with Gasteiger partial charge in [0.15, 0.2) is 5.82 Å². The number of rotatable bonds is 9. The van der Waals surface area contributed by atoms with Crippen LogP contribution in [-0.4, -0.2) is 47.3 Å². The van der Waals surface area contributed by atoms with Crippen molar-refractivity contribution in [3.8, 4) is 22.8 Å². The first kappa shape index (κ1) is 27.6. The van der Waals surface area contributed by atoms with Gasteiger partial charge in [0.1, 0.15) is 19.0 Å². The summed E-state index contributed by atoms with van der Waals surface area (Å²) >= 11 is 5.97. The van der Waals surface area contributed by atoms with E-state index in [0.717, 1.165) is 37.2 Å². The number of nitrogens with zero attached hydrogens (tertiary/aromatic N) is 3. The number of carbonyl (C=O) groups is 1. The molecule has 0 aliphatic carbocycles. The van der Waals surface area contributed by atoms with Gasteiger partial charge in [0.2, 0.25) is 0 Å². The number of halogens is 2. The molecule has 1 aliphatic heterocycles. The third-order valence-corrected chi connectivity index (χ3v) is 7.20. The Kier molecular flexibility index (Phi) is 8.41. The average molecular weight is 542 g/mol. The van der Waals surface area contributed by atoms with E-state index in [1.54, 1.807) is 24.4 Å². The molecule has 0 radical (unpaired) electrons. The molecule has 7 nitrogen and oxygen atoms in total. The number of pyridine rings is 2. The zero-order valence-corrected chi connectivity index (χ0v) is 22.9. The van der Waals surface area contributed by atoms with E-state index in [1.807, 2.05) is 13.8 Å². The largest absolute Gasteiger partial charge is 0.490 e. The number of hydrogen-bond acceptors (Lipinski definition) is 6. The molecule has 38 heavy (non-hydrogen) atoms. The van der Waals surface area contributed by atoms with Crippen molar-refractivity contribution < 1.29 is 23.8 Å². The second-order valence-electron chi connectivity index (χ2n) is 10.4. The van der Waals surface area contributed by atoms with Crippen molar-refractivity contribution in [1.82, 2.24) is 9.97 Å². The van der Waals surface area contributed by atoms with Crippen LogP contribution in [0.4, 0.5) is 10.1 Å². The SMILES string of the molecule is Cc1cc(Cl)ccc1OCCOc1ncc(-c2cnc(C)c(CC(=O)O)c2N2CCC(C)(C)CC2)cc1F. The summed E-state index contributed by atoms with van der Waals surface area (Å²) in [6.07, 6.45) is 4.99. The summed E-state index contributed by atoms with van der Waals surface area (Å²) in [5, 5.41) is 10.2. The number of aromatic nitrogens is 2. The quantitative estimate of drug-likeness (QED) is 0.320. The first-order chi connectivity index (χ1) is 18.0. The fourth-order valence-corrected chi connectivity index (χ4v) is 4.88. The molecule has 0 unspecified atom stereocenters. The highest BCUT2D eigenvalue weighted by atomic mass is 35.5. The summed E-state index contributed by atoms with van der Waals surface area (Å²) in [6.45, 7) is 10.0. The van der Waals surface area contributed by atoms with Gasteiger partial charge in [0.05, 0.1) is 12.1 Å². The van der Waals surface area contributed by atoms with E-state index < -0.39 is 11.8 Å². The summed E-state index contributed by atoms with van der Waals surface area (Å²) in [4.78, 5) is 22.6. The van der Waals surface area contributed by atoms with Gasteiger partial charge in [-0.25, -0.2) is 9.37 Å². The number of aliphatic carboxylic acids is 1. The number of carboxylic acids is 1. The Balaban J connectivity index is 1.55. The summed E-state index contributed by atoms with van der Waals surface area (Å²) in [6, 6.07) is 6.69. The van der Waals surface area contributed by atoms with Crippen LogP contribution in [0.2, 0.25) is 5.02 Å². The molecule has 9 heteroatoms. The van der Waals surface area contributed by atoms with Crippen LogP contribution < -0.4 is 14.4 Å². The second kappa shape index (κ2) is 11.6. The third-order valence-electron chi connectivity index (χ3n) is 6.96. The van der Waals surface area contributed by atoms with Crippen molar-refractivity contribution >= 4 is 23.3 Å². The predicted octanol–water partition coefficient (Wildman–Crippen LogP) is 6.26. The Morgan fingerprint density at radius 3 is 2.47 bits per heavy atom. The smallest absolute Gasteiger partial charge is 0.307 e. The van der Waals surface area contributed by atoms with Crippen molar-refractivity contribution in [2.45, 2.75) is 47.0 Å². The van der Waals surface area contributed by atoms with Gasteiger partial charge in [0, 0.05) is 52.9 Å². The molecule has 1 saturated heterocycles. The minimum atomic E-state index is -0.935. The molecule has 4 rings (SSSR count). The molecular weight excluding hydrogens is 509 g/mol. The number of carboxylic acid groups (broad SMARTS) is 1. The first-order valence-electron chi connectivity index (χ1n) is 12.7. The van der Waals surface area contributed by atoms with Crippen LogP contribution in [0.5, 0.6) is 11.6 Å². The second-order valence-corrected chi connectivity index (χ2v) is 10.9. The molecule has 0 spiro atoms. The zero-order valence-electron chi connectivity index (χ0n) is 22.2. The molecule has 202 valence electrons. The molecule has 3 heterocycles. The van der Waals surface area contributed by atoms with Crippen LogP contribution in [0, 0.1) is 25.1 Å². The van der Waals surface area contributed by atoms with Gasteiger partial charge < -0.3 is 19.5 Å². The number of aryl methyl sites for hydroxylation is 2. The van der Waals surface area contributed by atoms with E-state index in [1.165, 1.54) is 12.3 Å². The third kappa shape index (κ3) is 6.54. The van der Waals surface area contributed by atoms with Crippen molar-refractivity contribution in [1.29, 1.82) is 0 Å². The first-order valence-corrected chi connectivity index (χ1v) is 13.0. The predicted molar refractivity (Wildman–Crippen MR) is 146 cm³/mol. The molecule has 0 saturated carbocycles. The van der Waals surface area contributed by atoms with E-state index >= 15 is 4.39 Å². The Morgan fingerprint density at radius 1 is 1.11 bits per heavy atom. The Morgan fingerprint density at radius 2 is 1.82 bits per heavy atom. The van der Waals surface area contributed by atoms with Gasteiger partial charge in [-0.3, -0.25) is 9.78 Å². The normalized spacial score (nSPS) is 14.8. The van der Waals surface area contributed by atoms with Crippen LogP contribution in [0.3, 0.4) is 0 Å². The van der Waals surface area contributed by atoms with E-state index in [0.29, 0.717) is 33.2 Å². The Labute approximate surface area is 227 Å². The number of ether oxygens (including phenoxy) is 2. The fourth-order valence-electron chi connectivity index (χ4n) is 4.65. The van der Waals surface area contributed by atoms with Gasteiger partial charge in [-0.05, 0) is 61.9 Å². The molecule has 0 amide bonds. The van der Waals surface area contributed by atoms with Crippen molar-refractivity contribution in [3.05, 3.63) is 64.3 Å². The van der Waals surface area contributed by atoms with Crippen molar-refractivity contribution in [2.75, 3.05) is 31.2 Å². The maximum absolute atomic E-state index is 15.1. The van der Waals surface area contributed by atoms with E-state index in [9.17, 15) is 9.90 Å². The molecule has 1 aliphatic rings. The Bertz CT molecular complexity index is 1320. The lowest BCUT2D eigenvalue weighted by atomic mass is 9.82. The summed E-state index contributed by atoms with van der Waals surface area (Å²) in [7, 11) is 0. The minimum absolute atomic E-state index is 0.106. The van der Waals surface area contributed by atoms with Crippen molar-refractivity contribution in [3.63, 3.8) is 0 Å². The molecule has 0 bridgehead atoms. The van der Waals surface area contributed by atoms with Crippen LogP contribution >= 0.6 is 11.6 Å². The maximum Gasteiger partial charge on any atom is 0.307 e. The number of benzene rings is 1. The minimum Gasteiger partial charge on any atom is -0.490 e. The molecule has 1 aromatic carbocycles. The van der Waals surface area contributed by atoms with Gasteiger partial charge in [-0.1, -0.05) is 25.4 Å². The average Bonchev–Trinajstić information content (AvgIpc) is 2.85. The van der Waals surface area contributed by atoms with E-state index in [2.05, 4.69) is 28.7 Å². The fraction of sp³-hybridized carbons (Fsp3) is 0.414. The summed E-state index contributed by atoms with van der Waals surface area (Å²) in [5.41, 5.74) is 4.37. The van der Waals surface area contributed by atoms with E-state index in [4.69, 9.17) is 21.1 Å². The van der Waals surface area contributed by atoms with Gasteiger partial charge in [-0.15, -0.1) is 0 Å². The van der Waals surface area contributed by atoms with Gasteiger partial charge in [-0.2, -0.15) is 0 Å². The van der Waals surface area contributed by atoms with E-state index in [-0.39, 0.29) is 30.9 Å². The lowest BCUT2D eigenvalue weighted by Gasteiger charge is -2.40. The van der Waals surface area contributed by atoms with Crippen molar-refractivity contribution in [2.24, 2.45) is 5.41 Å². The van der Waals surface area contributed by atoms with Gasteiger partial charge >= 0.3 is 5.97 Å². The lowest BCUT2D eigenvalue weighted by Crippen LogP contribution is -2.38. The molecule has 2 aromatic heterocycles. The molecule has 3 aromatic rings. The topological polar surface area (TPSA) is 84.8 Å². The molecule has 1 N–H and O–H groups in total. The molecule has 0 atom stereocenters. The van der Waals surface area contributed by atoms with Crippen LogP contribution in [-0.2, 0) is 11.2 Å². The standard InChI is InChI=1S/C29H33ClFN3O4/c1-18-13-21(30)5-6-25(18)37-11-12-38-28-24(31)14-20(16-33-28)23-17-32-19(2)22(15-26(35)36)27(23)34-9-7-29(3,4)8-10-34/h5-6,13-14,16-17H,7-12,15H2,1-4H3,(H,35,36). The van der Waals surface area contributed by atoms with Gasteiger partial charge in [0.25, 0.3) is 5.88 Å². The highest BCUT2D eigenvalue weighted by molar-refractivity contribution is 6.30. The van der Waals surface area contributed by atoms with Crippen LogP contribution in [0.1, 0.15) is 43.5 Å². The summed E-state index contributed by atoms with van der Waals surface area (Å²) in [5.74, 6) is -0.998. The number of piperidine rings is 1. The highest BCUT2D eigenvalue weighted by Crippen LogP contribution is 2.40. The number of anilines is 1. The zero-order chi connectivity index (χ0) is 27.4. The lowest BCUT2D eigenvalue weighted by molar-refractivity contribution is -0.136.